The predicted octanol–water partition coefficient (Wildman–Crippen LogP) is 8.05. The van der Waals surface area contributed by atoms with E-state index in [-0.39, 0.29) is 45.4 Å². The van der Waals surface area contributed by atoms with Gasteiger partial charge in [-0.2, -0.15) is 0 Å². The van der Waals surface area contributed by atoms with Crippen LogP contribution in [0, 0.1) is 57.2 Å². The third kappa shape index (κ3) is 4.20. The first kappa shape index (κ1) is 31.9. The minimum absolute atomic E-state index is 0.0302. The molecule has 0 aromatic carbocycles. The van der Waals surface area contributed by atoms with Gasteiger partial charge in [0.05, 0.1) is 18.7 Å². The molecular formula is C38H58N2O4. The van der Waals surface area contributed by atoms with Crippen molar-refractivity contribution in [2.75, 3.05) is 7.11 Å². The molecule has 5 aliphatic rings. The molecule has 1 aromatic heterocycles. The van der Waals surface area contributed by atoms with E-state index < -0.39 is 11.5 Å². The van der Waals surface area contributed by atoms with E-state index in [1.165, 1.54) is 25.5 Å². The van der Waals surface area contributed by atoms with Crippen molar-refractivity contribution in [3.63, 3.8) is 0 Å². The zero-order valence-electron chi connectivity index (χ0n) is 29.1. The van der Waals surface area contributed by atoms with E-state index in [0.29, 0.717) is 30.1 Å². The highest BCUT2D eigenvalue weighted by Crippen LogP contribution is 2.75. The summed E-state index contributed by atoms with van der Waals surface area (Å²) in [5.41, 5.74) is 2.66. The Hall–Kier alpha value is -2.11. The molecule has 3 fully saturated rings. The Morgan fingerprint density at radius 3 is 2.45 bits per heavy atom. The quantitative estimate of drug-likeness (QED) is 0.271. The number of amides is 1. The molecule has 1 aromatic rings. The number of carbonyl (C=O) groups excluding carboxylic acids is 2. The van der Waals surface area contributed by atoms with Crippen LogP contribution in [-0.2, 0) is 26.2 Å². The largest absolute Gasteiger partial charge is 0.467 e. The molecule has 0 spiro atoms. The standard InChI is InChI=1S/C38H58N2O4/c1-22(2)19-27(32(41)43-10)40-33(42)38-16-13-23(3)24(4)30(38)26-11-12-29-35(7)20-25-21-39-44-31(25)34(5,6)28(35)14-15-37(29,9)36(26,8)17-18-38/h11,21-24,27-30H,12-20H2,1-10H3,(H,40,42)/t23-,24+,27?,28+,29-,30+,35+,36-,37-,38+/m1/s1. The third-order valence-corrected chi connectivity index (χ3v) is 14.9. The maximum absolute atomic E-state index is 14.6. The van der Waals surface area contributed by atoms with Gasteiger partial charge in [0.25, 0.3) is 0 Å². The predicted molar refractivity (Wildman–Crippen MR) is 173 cm³/mol. The van der Waals surface area contributed by atoms with Gasteiger partial charge >= 0.3 is 5.97 Å². The second-order valence-corrected chi connectivity index (χ2v) is 17.6. The summed E-state index contributed by atoms with van der Waals surface area (Å²) in [5, 5.41) is 7.54. The highest BCUT2D eigenvalue weighted by Gasteiger charge is 2.69. The molecule has 5 aliphatic carbocycles. The molecule has 1 unspecified atom stereocenters. The Bertz CT molecular complexity index is 1340. The van der Waals surface area contributed by atoms with Gasteiger partial charge in [-0.05, 0) is 110 Å². The first-order valence-corrected chi connectivity index (χ1v) is 17.6. The molecule has 44 heavy (non-hydrogen) atoms. The monoisotopic (exact) mass is 606 g/mol. The topological polar surface area (TPSA) is 81.4 Å². The van der Waals surface area contributed by atoms with Crippen molar-refractivity contribution in [3.8, 4) is 0 Å². The van der Waals surface area contributed by atoms with Gasteiger partial charge in [-0.1, -0.05) is 79.1 Å². The molecule has 0 radical (unpaired) electrons. The molecule has 1 heterocycles. The maximum atomic E-state index is 14.6. The van der Waals surface area contributed by atoms with Crippen LogP contribution in [0.1, 0.15) is 125 Å². The van der Waals surface area contributed by atoms with Gasteiger partial charge in [0.1, 0.15) is 11.8 Å². The smallest absolute Gasteiger partial charge is 0.328 e. The van der Waals surface area contributed by atoms with Gasteiger partial charge in [-0.25, -0.2) is 4.79 Å². The van der Waals surface area contributed by atoms with Crippen LogP contribution >= 0.6 is 0 Å². The van der Waals surface area contributed by atoms with Gasteiger partial charge < -0.3 is 14.6 Å². The van der Waals surface area contributed by atoms with Gasteiger partial charge in [0.2, 0.25) is 5.91 Å². The summed E-state index contributed by atoms with van der Waals surface area (Å²) in [5.74, 6) is 3.38. The van der Waals surface area contributed by atoms with Crippen LogP contribution in [0.3, 0.4) is 0 Å². The van der Waals surface area contributed by atoms with Gasteiger partial charge in [-0.3, -0.25) is 4.79 Å². The van der Waals surface area contributed by atoms with Gasteiger partial charge in [0, 0.05) is 11.0 Å². The summed E-state index contributed by atoms with van der Waals surface area (Å²) < 4.78 is 11.0. The minimum Gasteiger partial charge on any atom is -0.467 e. The van der Waals surface area contributed by atoms with Gasteiger partial charge in [-0.15, -0.1) is 0 Å². The SMILES string of the molecule is COC(=O)C(CC(C)C)NC(=O)[C@]12CC[C@@H](C)[C@H](C)[C@H]1C1=CC[C@@H]3[C@@]4(C)Cc5cnoc5C(C)(C)[C@@H]4CC[C@@]3(C)[C@]1(C)CC2. The number of esters is 1. The second kappa shape index (κ2) is 10.5. The Morgan fingerprint density at radius 2 is 1.77 bits per heavy atom. The number of methoxy groups -OCH3 is 1. The van der Waals surface area contributed by atoms with Crippen molar-refractivity contribution < 1.29 is 18.8 Å². The highest BCUT2D eigenvalue weighted by atomic mass is 16.5. The number of nitrogens with one attached hydrogen (secondary N) is 1. The number of fused-ring (bicyclic) bond motifs is 8. The Kier molecular flexibility index (Phi) is 7.57. The molecular weight excluding hydrogens is 548 g/mol. The number of aromatic nitrogens is 1. The van der Waals surface area contributed by atoms with Crippen LogP contribution in [0.5, 0.6) is 0 Å². The molecule has 0 aliphatic heterocycles. The number of carbonyl (C=O) groups is 2. The summed E-state index contributed by atoms with van der Waals surface area (Å²) in [6, 6.07) is -0.597. The number of hydrogen-bond donors (Lipinski definition) is 1. The summed E-state index contributed by atoms with van der Waals surface area (Å²) in [4.78, 5) is 27.4. The average molecular weight is 607 g/mol. The molecule has 3 saturated carbocycles. The lowest BCUT2D eigenvalue weighted by Gasteiger charge is -2.70. The number of hydrogen-bond acceptors (Lipinski definition) is 5. The molecule has 6 heteroatoms. The number of ether oxygens (including phenoxy) is 1. The fourth-order valence-electron chi connectivity index (χ4n) is 12.3. The first-order valence-electron chi connectivity index (χ1n) is 17.6. The van der Waals surface area contributed by atoms with E-state index >= 15 is 0 Å². The second-order valence-electron chi connectivity index (χ2n) is 17.6. The van der Waals surface area contributed by atoms with Crippen molar-refractivity contribution in [2.45, 2.75) is 132 Å². The maximum Gasteiger partial charge on any atom is 0.328 e. The van der Waals surface area contributed by atoms with E-state index in [0.717, 1.165) is 44.3 Å². The molecule has 1 amide bonds. The normalized spacial score (nSPS) is 42.9. The van der Waals surface area contributed by atoms with Crippen LogP contribution < -0.4 is 5.32 Å². The van der Waals surface area contributed by atoms with Crippen molar-refractivity contribution in [1.29, 1.82) is 0 Å². The highest BCUT2D eigenvalue weighted by molar-refractivity contribution is 5.89. The summed E-state index contributed by atoms with van der Waals surface area (Å²) >= 11 is 0. The van der Waals surface area contributed by atoms with Crippen molar-refractivity contribution in [3.05, 3.63) is 29.2 Å². The van der Waals surface area contributed by atoms with E-state index in [9.17, 15) is 9.59 Å². The fourth-order valence-corrected chi connectivity index (χ4v) is 12.3. The van der Waals surface area contributed by atoms with Crippen LogP contribution in [0.2, 0.25) is 0 Å². The summed E-state index contributed by atoms with van der Waals surface area (Å²) in [6.07, 6.45) is 13.5. The first-order chi connectivity index (χ1) is 20.6. The number of allylic oxidation sites excluding steroid dienone is 2. The lowest BCUT2D eigenvalue weighted by Crippen LogP contribution is -2.66. The molecule has 6 rings (SSSR count). The van der Waals surface area contributed by atoms with Crippen molar-refractivity contribution >= 4 is 11.9 Å². The molecule has 0 bridgehead atoms. The lowest BCUT2D eigenvalue weighted by atomic mass is 9.33. The lowest BCUT2D eigenvalue weighted by molar-refractivity contribution is -0.171. The van der Waals surface area contributed by atoms with Crippen LogP contribution in [-0.4, -0.2) is 30.2 Å². The molecule has 0 saturated heterocycles. The van der Waals surface area contributed by atoms with E-state index in [1.54, 1.807) is 5.57 Å². The molecule has 1 N–H and O–H groups in total. The summed E-state index contributed by atoms with van der Waals surface area (Å²) in [7, 11) is 1.43. The number of nitrogens with zero attached hydrogens (tertiary/aromatic N) is 1. The zero-order valence-corrected chi connectivity index (χ0v) is 29.1. The van der Waals surface area contributed by atoms with E-state index in [2.05, 4.69) is 78.9 Å². The molecule has 6 nitrogen and oxygen atoms in total. The van der Waals surface area contributed by atoms with Crippen LogP contribution in [0.4, 0.5) is 0 Å². The summed E-state index contributed by atoms with van der Waals surface area (Å²) in [6.45, 7) is 21.5. The van der Waals surface area contributed by atoms with E-state index in [4.69, 9.17) is 9.26 Å². The Morgan fingerprint density at radius 1 is 1.05 bits per heavy atom. The van der Waals surface area contributed by atoms with Crippen LogP contribution in [0.15, 0.2) is 22.4 Å². The fraction of sp³-hybridized carbons (Fsp3) is 0.816. The molecule has 244 valence electrons. The minimum atomic E-state index is -0.597. The van der Waals surface area contributed by atoms with E-state index in [1.807, 2.05) is 6.20 Å². The van der Waals surface area contributed by atoms with Crippen LogP contribution in [0.25, 0.3) is 0 Å². The van der Waals surface area contributed by atoms with Crippen molar-refractivity contribution in [1.82, 2.24) is 10.5 Å². The zero-order chi connectivity index (χ0) is 32.0. The third-order valence-electron chi connectivity index (χ3n) is 14.9. The Balaban J connectivity index is 1.40. The van der Waals surface area contributed by atoms with Gasteiger partial charge in [0.15, 0.2) is 0 Å². The number of rotatable bonds is 5. The average Bonchev–Trinajstić information content (AvgIpc) is 3.43. The Labute approximate surface area is 265 Å². The molecule has 10 atom stereocenters. The van der Waals surface area contributed by atoms with Crippen molar-refractivity contribution in [2.24, 2.45) is 57.2 Å².